The van der Waals surface area contributed by atoms with Gasteiger partial charge in [-0.15, -0.1) is 0 Å². The molecule has 0 spiro atoms. The lowest BCUT2D eigenvalue weighted by Crippen LogP contribution is -1.91. The summed E-state index contributed by atoms with van der Waals surface area (Å²) in [6, 6.07) is 0. The summed E-state index contributed by atoms with van der Waals surface area (Å²) in [5.74, 6) is 3.84. The van der Waals surface area contributed by atoms with E-state index < -0.39 is 0 Å². The Bertz CT molecular complexity index is 108. The standard InChI is InChI=1S/C5H10S4/c1-2-9(6)8-4-5-3-7-5/h5H,2-4H2,1H3. The van der Waals surface area contributed by atoms with Gasteiger partial charge in [-0.25, -0.2) is 0 Å². The highest BCUT2D eigenvalue weighted by atomic mass is 33.3. The molecule has 0 aliphatic carbocycles. The summed E-state index contributed by atoms with van der Waals surface area (Å²) in [5, 5.41) is 0.958. The highest BCUT2D eigenvalue weighted by Gasteiger charge is 2.22. The average Bonchev–Trinajstić information content (AvgIpc) is 2.65. The van der Waals surface area contributed by atoms with Crippen molar-refractivity contribution < 1.29 is 0 Å². The Morgan fingerprint density at radius 3 is 3.00 bits per heavy atom. The van der Waals surface area contributed by atoms with E-state index in [1.807, 2.05) is 10.8 Å². The van der Waals surface area contributed by atoms with Crippen LogP contribution >= 0.6 is 22.6 Å². The Morgan fingerprint density at radius 2 is 2.56 bits per heavy atom. The summed E-state index contributed by atoms with van der Waals surface area (Å²) in [6.07, 6.45) is 0. The van der Waals surface area contributed by atoms with Crippen molar-refractivity contribution >= 4 is 42.2 Å². The third kappa shape index (κ3) is 3.86. The van der Waals surface area contributed by atoms with Crippen molar-refractivity contribution in [1.82, 2.24) is 0 Å². The molecule has 0 amide bonds. The van der Waals surface area contributed by atoms with Crippen LogP contribution < -0.4 is 0 Å². The van der Waals surface area contributed by atoms with Gasteiger partial charge in [-0.3, -0.25) is 0 Å². The summed E-state index contributed by atoms with van der Waals surface area (Å²) < 4.78 is 0. The number of hydrogen-bond donors (Lipinski definition) is 0. The monoisotopic (exact) mass is 198 g/mol. The van der Waals surface area contributed by atoms with Crippen LogP contribution in [0.5, 0.6) is 0 Å². The maximum Gasteiger partial charge on any atom is 0.0237 e. The second kappa shape index (κ2) is 4.21. The second-order valence-electron chi connectivity index (χ2n) is 1.83. The van der Waals surface area contributed by atoms with Gasteiger partial charge in [0.05, 0.1) is 0 Å². The lowest BCUT2D eigenvalue weighted by molar-refractivity contribution is 1.28. The van der Waals surface area contributed by atoms with Crippen molar-refractivity contribution in [2.75, 3.05) is 17.3 Å². The van der Waals surface area contributed by atoms with Crippen LogP contribution in [0.4, 0.5) is 0 Å². The van der Waals surface area contributed by atoms with Gasteiger partial charge >= 0.3 is 0 Å². The Labute approximate surface area is 71.5 Å². The summed E-state index contributed by atoms with van der Waals surface area (Å²) in [5.41, 5.74) is 0. The molecule has 0 bridgehead atoms. The number of rotatable bonds is 4. The molecule has 2 unspecified atom stereocenters. The first-order valence-electron chi connectivity index (χ1n) is 2.96. The minimum atomic E-state index is 0.229. The minimum absolute atomic E-state index is 0.229. The molecule has 0 aromatic carbocycles. The topological polar surface area (TPSA) is 0 Å². The van der Waals surface area contributed by atoms with Gasteiger partial charge in [0.2, 0.25) is 0 Å². The molecule has 1 aliphatic heterocycles. The van der Waals surface area contributed by atoms with Gasteiger partial charge in [-0.05, 0) is 11.2 Å². The number of hydrogen-bond acceptors (Lipinski definition) is 3. The van der Waals surface area contributed by atoms with Crippen LogP contribution in [0.3, 0.4) is 0 Å². The van der Waals surface area contributed by atoms with Crippen molar-refractivity contribution in [3.63, 3.8) is 0 Å². The zero-order chi connectivity index (χ0) is 6.69. The van der Waals surface area contributed by atoms with Gasteiger partial charge in [-0.1, -0.05) is 26.2 Å². The fourth-order valence-electron chi connectivity index (χ4n) is 0.399. The first-order valence-corrected chi connectivity index (χ1v) is 7.83. The molecule has 9 heavy (non-hydrogen) atoms. The molecule has 1 heterocycles. The lowest BCUT2D eigenvalue weighted by atomic mass is 10.6. The Kier molecular flexibility index (Phi) is 3.92. The number of thioether (sulfide) groups is 1. The van der Waals surface area contributed by atoms with Crippen molar-refractivity contribution in [1.29, 1.82) is 0 Å². The van der Waals surface area contributed by atoms with Crippen LogP contribution in [0.1, 0.15) is 6.92 Å². The molecular formula is C5H10S4. The quantitative estimate of drug-likeness (QED) is 0.500. The van der Waals surface area contributed by atoms with Crippen LogP contribution in [0.15, 0.2) is 0 Å². The molecule has 0 aromatic heterocycles. The SMILES string of the molecule is CCS(=S)SCC1CS1. The highest BCUT2D eigenvalue weighted by molar-refractivity contribution is 8.82. The van der Waals surface area contributed by atoms with Gasteiger partial charge in [0.1, 0.15) is 0 Å². The van der Waals surface area contributed by atoms with Crippen molar-refractivity contribution in [3.8, 4) is 0 Å². The first kappa shape index (κ1) is 8.37. The molecule has 1 aliphatic rings. The van der Waals surface area contributed by atoms with E-state index in [-0.39, 0.29) is 8.49 Å². The zero-order valence-corrected chi connectivity index (χ0v) is 8.60. The second-order valence-corrected chi connectivity index (χ2v) is 8.67. The molecule has 0 nitrogen and oxygen atoms in total. The van der Waals surface area contributed by atoms with Gasteiger partial charge < -0.3 is 0 Å². The lowest BCUT2D eigenvalue weighted by Gasteiger charge is -1.96. The molecule has 1 rings (SSSR count). The smallest absolute Gasteiger partial charge is 0.0237 e. The zero-order valence-electron chi connectivity index (χ0n) is 5.33. The molecular weight excluding hydrogens is 188 g/mol. The molecule has 4 heteroatoms. The van der Waals surface area contributed by atoms with Gasteiger partial charge in [0, 0.05) is 22.5 Å². The van der Waals surface area contributed by atoms with Crippen molar-refractivity contribution in [2.45, 2.75) is 12.2 Å². The molecule has 0 radical (unpaired) electrons. The summed E-state index contributed by atoms with van der Waals surface area (Å²) >= 11 is 7.22. The van der Waals surface area contributed by atoms with E-state index in [9.17, 15) is 0 Å². The minimum Gasteiger partial charge on any atom is -0.156 e. The van der Waals surface area contributed by atoms with Gasteiger partial charge in [-0.2, -0.15) is 11.8 Å². The van der Waals surface area contributed by atoms with E-state index in [1.54, 1.807) is 0 Å². The maximum atomic E-state index is 5.17. The van der Waals surface area contributed by atoms with Crippen molar-refractivity contribution in [3.05, 3.63) is 0 Å². The van der Waals surface area contributed by atoms with Crippen LogP contribution in [-0.2, 0) is 19.7 Å². The Morgan fingerprint density at radius 1 is 1.89 bits per heavy atom. The summed E-state index contributed by atoms with van der Waals surface area (Å²) in [6.45, 7) is 2.17. The maximum absolute atomic E-state index is 5.17. The average molecular weight is 198 g/mol. The Balaban J connectivity index is 1.96. The van der Waals surface area contributed by atoms with E-state index in [4.69, 9.17) is 11.2 Å². The third-order valence-electron chi connectivity index (χ3n) is 1.02. The first-order chi connectivity index (χ1) is 4.33. The van der Waals surface area contributed by atoms with Gasteiger partial charge in [0.15, 0.2) is 0 Å². The molecule has 1 fully saturated rings. The fraction of sp³-hybridized carbons (Fsp3) is 1.00. The van der Waals surface area contributed by atoms with Crippen LogP contribution in [0.25, 0.3) is 0 Å². The predicted molar refractivity (Wildman–Crippen MR) is 54.0 cm³/mol. The fourth-order valence-corrected chi connectivity index (χ4v) is 4.19. The van der Waals surface area contributed by atoms with E-state index in [0.717, 1.165) is 11.0 Å². The molecule has 0 aromatic rings. The van der Waals surface area contributed by atoms with E-state index >= 15 is 0 Å². The molecule has 1 saturated heterocycles. The van der Waals surface area contributed by atoms with Crippen LogP contribution in [0.2, 0.25) is 0 Å². The summed E-state index contributed by atoms with van der Waals surface area (Å²) in [7, 11) is 2.20. The molecule has 2 atom stereocenters. The molecule has 0 N–H and O–H groups in total. The van der Waals surface area contributed by atoms with Gasteiger partial charge in [0.25, 0.3) is 0 Å². The van der Waals surface area contributed by atoms with Crippen LogP contribution in [-0.4, -0.2) is 22.5 Å². The third-order valence-corrected chi connectivity index (χ3v) is 6.96. The van der Waals surface area contributed by atoms with E-state index in [2.05, 4.69) is 18.7 Å². The normalized spacial score (nSPS) is 27.9. The predicted octanol–water partition coefficient (Wildman–Crippen LogP) is 1.85. The van der Waals surface area contributed by atoms with Crippen molar-refractivity contribution in [2.24, 2.45) is 0 Å². The highest BCUT2D eigenvalue weighted by Crippen LogP contribution is 2.33. The van der Waals surface area contributed by atoms with E-state index in [1.165, 1.54) is 11.5 Å². The molecule has 0 saturated carbocycles. The summed E-state index contributed by atoms with van der Waals surface area (Å²) in [4.78, 5) is 0. The van der Waals surface area contributed by atoms with Crippen LogP contribution in [0, 0.1) is 0 Å². The van der Waals surface area contributed by atoms with E-state index in [0.29, 0.717) is 0 Å². The largest absolute Gasteiger partial charge is 0.156 e. The molecule has 54 valence electrons. The Hall–Kier alpha value is 1.27.